The van der Waals surface area contributed by atoms with Crippen molar-refractivity contribution in [3.8, 4) is 11.1 Å². The van der Waals surface area contributed by atoms with Crippen molar-refractivity contribution in [1.82, 2.24) is 9.55 Å². The lowest BCUT2D eigenvalue weighted by Gasteiger charge is -2.18. The van der Waals surface area contributed by atoms with Crippen LogP contribution >= 0.6 is 0 Å². The summed E-state index contributed by atoms with van der Waals surface area (Å²) in [6.07, 6.45) is 6.58. The number of carbonyl (C=O) groups is 1. The van der Waals surface area contributed by atoms with Gasteiger partial charge in [0.15, 0.2) is 5.78 Å². The summed E-state index contributed by atoms with van der Waals surface area (Å²) in [5.74, 6) is 0.325. The first-order valence-electron chi connectivity index (χ1n) is 7.53. The van der Waals surface area contributed by atoms with Crippen LogP contribution in [0.5, 0.6) is 0 Å². The Hall–Kier alpha value is -1.90. The minimum atomic E-state index is 0.325. The largest absolute Gasteiger partial charge is 0.347 e. The standard InChI is InChI=1S/C17H18N2O/c1-2-19-13-6-3-7-15(20)17(13)16-11-5-4-10-18-12(11)8-9-14(16)19/h4-5,10H,2-3,6-9H2,1H3. The van der Waals surface area contributed by atoms with E-state index in [-0.39, 0.29) is 0 Å². The molecule has 0 N–H and O–H groups in total. The molecule has 2 heterocycles. The summed E-state index contributed by atoms with van der Waals surface area (Å²) in [7, 11) is 0. The monoisotopic (exact) mass is 266 g/mol. The molecule has 0 amide bonds. The Morgan fingerprint density at radius 3 is 2.85 bits per heavy atom. The van der Waals surface area contributed by atoms with E-state index in [1.54, 1.807) is 0 Å². The van der Waals surface area contributed by atoms with Gasteiger partial charge >= 0.3 is 0 Å². The van der Waals surface area contributed by atoms with Crippen molar-refractivity contribution in [2.75, 3.05) is 0 Å². The van der Waals surface area contributed by atoms with Crippen LogP contribution in [-0.2, 0) is 25.8 Å². The number of hydrogen-bond donors (Lipinski definition) is 0. The van der Waals surface area contributed by atoms with Crippen LogP contribution in [0, 0.1) is 0 Å². The molecule has 2 aliphatic carbocycles. The molecule has 3 nitrogen and oxygen atoms in total. The van der Waals surface area contributed by atoms with Crippen molar-refractivity contribution in [1.29, 1.82) is 0 Å². The first-order chi connectivity index (χ1) is 9.81. The number of pyridine rings is 1. The summed E-state index contributed by atoms with van der Waals surface area (Å²) in [6.45, 7) is 3.14. The number of aromatic nitrogens is 2. The van der Waals surface area contributed by atoms with Crippen molar-refractivity contribution in [2.45, 2.75) is 45.6 Å². The van der Waals surface area contributed by atoms with Crippen LogP contribution in [0.3, 0.4) is 0 Å². The van der Waals surface area contributed by atoms with Gasteiger partial charge in [-0.1, -0.05) is 6.07 Å². The van der Waals surface area contributed by atoms with Crippen molar-refractivity contribution < 1.29 is 4.79 Å². The van der Waals surface area contributed by atoms with Crippen LogP contribution in [0.25, 0.3) is 11.1 Å². The Morgan fingerprint density at radius 2 is 2.00 bits per heavy atom. The second kappa shape index (κ2) is 4.30. The highest BCUT2D eigenvalue weighted by molar-refractivity contribution is 6.05. The molecule has 0 aliphatic heterocycles. The predicted octanol–water partition coefficient (Wildman–Crippen LogP) is 3.19. The number of nitrogens with zero attached hydrogens (tertiary/aromatic N) is 2. The second-order valence-electron chi connectivity index (χ2n) is 5.66. The molecule has 0 radical (unpaired) electrons. The maximum absolute atomic E-state index is 12.5. The van der Waals surface area contributed by atoms with Crippen LogP contribution in [0.2, 0.25) is 0 Å². The average Bonchev–Trinajstić information content (AvgIpc) is 2.82. The van der Waals surface area contributed by atoms with E-state index in [0.29, 0.717) is 12.2 Å². The fourth-order valence-corrected chi connectivity index (χ4v) is 3.86. The van der Waals surface area contributed by atoms with Crippen molar-refractivity contribution in [2.24, 2.45) is 0 Å². The lowest BCUT2D eigenvalue weighted by Crippen LogP contribution is -2.13. The third-order valence-electron chi connectivity index (χ3n) is 4.65. The minimum Gasteiger partial charge on any atom is -0.347 e. The van der Waals surface area contributed by atoms with E-state index in [0.717, 1.165) is 43.5 Å². The molecular formula is C17H18N2O. The number of carbonyl (C=O) groups excluding carboxylic acids is 1. The Kier molecular flexibility index (Phi) is 2.56. The van der Waals surface area contributed by atoms with E-state index in [2.05, 4.69) is 22.5 Å². The molecule has 2 aliphatic rings. The smallest absolute Gasteiger partial charge is 0.165 e. The lowest BCUT2D eigenvalue weighted by molar-refractivity contribution is 0.0972. The molecule has 0 spiro atoms. The van der Waals surface area contributed by atoms with Crippen molar-refractivity contribution >= 4 is 5.78 Å². The van der Waals surface area contributed by atoms with Crippen LogP contribution in [0.1, 0.15) is 47.2 Å². The average molecular weight is 266 g/mol. The quantitative estimate of drug-likeness (QED) is 0.794. The Balaban J connectivity index is 2.07. The number of rotatable bonds is 1. The van der Waals surface area contributed by atoms with E-state index in [1.807, 2.05) is 12.3 Å². The molecule has 0 saturated carbocycles. The molecule has 0 aromatic carbocycles. The van der Waals surface area contributed by atoms with Crippen LogP contribution in [-0.4, -0.2) is 15.3 Å². The maximum atomic E-state index is 12.5. The van der Waals surface area contributed by atoms with Crippen LogP contribution in [0.15, 0.2) is 18.3 Å². The molecule has 0 unspecified atom stereocenters. The number of ketones is 1. The molecule has 0 bridgehead atoms. The molecule has 0 fully saturated rings. The zero-order chi connectivity index (χ0) is 13.7. The number of aryl methyl sites for hydroxylation is 1. The number of hydrogen-bond acceptors (Lipinski definition) is 2. The van der Waals surface area contributed by atoms with Gasteiger partial charge in [-0.05, 0) is 38.7 Å². The van der Waals surface area contributed by atoms with E-state index in [1.165, 1.54) is 22.5 Å². The molecule has 2 aromatic rings. The highest BCUT2D eigenvalue weighted by atomic mass is 16.1. The van der Waals surface area contributed by atoms with Crippen molar-refractivity contribution in [3.63, 3.8) is 0 Å². The summed E-state index contributed by atoms with van der Waals surface area (Å²) >= 11 is 0. The van der Waals surface area contributed by atoms with Crippen LogP contribution < -0.4 is 0 Å². The summed E-state index contributed by atoms with van der Waals surface area (Å²) in [5.41, 5.74) is 7.16. The maximum Gasteiger partial charge on any atom is 0.165 e. The molecular weight excluding hydrogens is 248 g/mol. The molecule has 20 heavy (non-hydrogen) atoms. The third-order valence-corrected chi connectivity index (χ3v) is 4.65. The summed E-state index contributed by atoms with van der Waals surface area (Å²) in [6, 6.07) is 4.11. The zero-order valence-corrected chi connectivity index (χ0v) is 11.8. The van der Waals surface area contributed by atoms with Gasteiger partial charge in [0.1, 0.15) is 0 Å². The van der Waals surface area contributed by atoms with Crippen molar-refractivity contribution in [3.05, 3.63) is 41.0 Å². The van der Waals surface area contributed by atoms with Gasteiger partial charge in [-0.25, -0.2) is 0 Å². The van der Waals surface area contributed by atoms with Gasteiger partial charge < -0.3 is 4.57 Å². The molecule has 102 valence electrons. The van der Waals surface area contributed by atoms with E-state index in [9.17, 15) is 4.79 Å². The van der Waals surface area contributed by atoms with Gasteiger partial charge in [-0.3, -0.25) is 9.78 Å². The van der Waals surface area contributed by atoms with E-state index >= 15 is 0 Å². The number of Topliss-reactive ketones (excluding diaryl/α,β-unsaturated/α-hetero) is 1. The minimum absolute atomic E-state index is 0.325. The third kappa shape index (κ3) is 1.46. The summed E-state index contributed by atoms with van der Waals surface area (Å²) < 4.78 is 2.39. The van der Waals surface area contributed by atoms with Gasteiger partial charge in [0.25, 0.3) is 0 Å². The SMILES string of the molecule is CCn1c2c(c3c1CCc1ncccc1-3)C(=O)CCC2. The number of fused-ring (bicyclic) bond motifs is 5. The Bertz CT molecular complexity index is 712. The van der Waals surface area contributed by atoms with Gasteiger partial charge in [0.05, 0.1) is 0 Å². The molecule has 0 atom stereocenters. The fraction of sp³-hybridized carbons (Fsp3) is 0.412. The predicted molar refractivity (Wildman–Crippen MR) is 78.0 cm³/mol. The van der Waals surface area contributed by atoms with Gasteiger partial charge in [-0.15, -0.1) is 0 Å². The highest BCUT2D eigenvalue weighted by Gasteiger charge is 2.32. The van der Waals surface area contributed by atoms with E-state index in [4.69, 9.17) is 0 Å². The molecule has 0 saturated heterocycles. The topological polar surface area (TPSA) is 34.9 Å². The van der Waals surface area contributed by atoms with Gasteiger partial charge in [0.2, 0.25) is 0 Å². The summed E-state index contributed by atoms with van der Waals surface area (Å²) in [5, 5.41) is 0. The highest BCUT2D eigenvalue weighted by Crippen LogP contribution is 2.41. The second-order valence-corrected chi connectivity index (χ2v) is 5.66. The Labute approximate surface area is 118 Å². The molecule has 2 aromatic heterocycles. The molecule has 3 heteroatoms. The zero-order valence-electron chi connectivity index (χ0n) is 11.8. The Morgan fingerprint density at radius 1 is 1.15 bits per heavy atom. The van der Waals surface area contributed by atoms with Gasteiger partial charge in [0, 0.05) is 52.9 Å². The molecule has 4 rings (SSSR count). The van der Waals surface area contributed by atoms with E-state index < -0.39 is 0 Å². The summed E-state index contributed by atoms with van der Waals surface area (Å²) in [4.78, 5) is 17.0. The van der Waals surface area contributed by atoms with Crippen LogP contribution in [0.4, 0.5) is 0 Å². The first kappa shape index (κ1) is 11.9. The fourth-order valence-electron chi connectivity index (χ4n) is 3.86. The first-order valence-corrected chi connectivity index (χ1v) is 7.53. The normalized spacial score (nSPS) is 16.6. The van der Waals surface area contributed by atoms with Gasteiger partial charge in [-0.2, -0.15) is 0 Å². The lowest BCUT2D eigenvalue weighted by atomic mass is 9.86.